The van der Waals surface area contributed by atoms with E-state index in [1.807, 2.05) is 20.8 Å². The number of hydrogen-bond acceptors (Lipinski definition) is 5. The largest absolute Gasteiger partial charge is 0.460 e. The van der Waals surface area contributed by atoms with Gasteiger partial charge in [-0.15, -0.1) is 0 Å². The summed E-state index contributed by atoms with van der Waals surface area (Å²) in [5.74, 6) is -0.146. The highest BCUT2D eigenvalue weighted by Crippen LogP contribution is 2.21. The zero-order valence-electron chi connectivity index (χ0n) is 16.3. The molecule has 142 valence electrons. The summed E-state index contributed by atoms with van der Waals surface area (Å²) < 4.78 is 5.35. The van der Waals surface area contributed by atoms with Crippen molar-refractivity contribution in [2.24, 2.45) is 0 Å². The number of esters is 1. The van der Waals surface area contributed by atoms with Crippen molar-refractivity contribution >= 4 is 11.7 Å². The molecular formula is C21H31N3O2. The third-order valence-electron chi connectivity index (χ3n) is 4.50. The molecule has 0 saturated carbocycles. The SMILES string of the molecule is CC(C)(C)OC(=O)CCc1ccc(N2CCC(NCCC#N)CC2)cc1. The quantitative estimate of drug-likeness (QED) is 0.598. The zero-order chi connectivity index (χ0) is 19.0. The highest BCUT2D eigenvalue weighted by Gasteiger charge is 2.19. The molecule has 5 nitrogen and oxygen atoms in total. The highest BCUT2D eigenvalue weighted by molar-refractivity contribution is 5.70. The molecule has 0 bridgehead atoms. The highest BCUT2D eigenvalue weighted by atomic mass is 16.6. The van der Waals surface area contributed by atoms with Gasteiger partial charge in [0.25, 0.3) is 0 Å². The smallest absolute Gasteiger partial charge is 0.306 e. The lowest BCUT2D eigenvalue weighted by Gasteiger charge is -2.34. The van der Waals surface area contributed by atoms with E-state index < -0.39 is 5.60 Å². The molecule has 1 saturated heterocycles. The molecule has 0 aliphatic carbocycles. The number of nitrogens with zero attached hydrogens (tertiary/aromatic N) is 2. The van der Waals surface area contributed by atoms with E-state index in [1.165, 1.54) is 5.69 Å². The maximum atomic E-state index is 11.8. The second kappa shape index (κ2) is 9.59. The van der Waals surface area contributed by atoms with E-state index in [9.17, 15) is 4.79 Å². The van der Waals surface area contributed by atoms with Gasteiger partial charge in [-0.05, 0) is 57.7 Å². The fourth-order valence-corrected chi connectivity index (χ4v) is 3.19. The summed E-state index contributed by atoms with van der Waals surface area (Å²) in [5, 5.41) is 12.1. The van der Waals surface area contributed by atoms with Crippen LogP contribution in [0, 0.1) is 11.3 Å². The van der Waals surface area contributed by atoms with E-state index in [1.54, 1.807) is 0 Å². The van der Waals surface area contributed by atoms with E-state index in [0.29, 0.717) is 25.3 Å². The molecule has 1 N–H and O–H groups in total. The number of ether oxygens (including phenoxy) is 1. The number of nitriles is 1. The van der Waals surface area contributed by atoms with Crippen LogP contribution in [0.2, 0.25) is 0 Å². The van der Waals surface area contributed by atoms with Gasteiger partial charge in [0.1, 0.15) is 5.60 Å². The van der Waals surface area contributed by atoms with Crippen LogP contribution in [-0.2, 0) is 16.0 Å². The minimum Gasteiger partial charge on any atom is -0.460 e. The molecule has 1 heterocycles. The molecule has 0 spiro atoms. The number of aryl methyl sites for hydroxylation is 1. The number of anilines is 1. The van der Waals surface area contributed by atoms with Gasteiger partial charge in [-0.25, -0.2) is 0 Å². The minimum atomic E-state index is -0.420. The van der Waals surface area contributed by atoms with Gasteiger partial charge in [-0.3, -0.25) is 4.79 Å². The lowest BCUT2D eigenvalue weighted by Crippen LogP contribution is -2.42. The fourth-order valence-electron chi connectivity index (χ4n) is 3.19. The maximum Gasteiger partial charge on any atom is 0.306 e. The summed E-state index contributed by atoms with van der Waals surface area (Å²) in [7, 11) is 0. The lowest BCUT2D eigenvalue weighted by molar-refractivity contribution is -0.154. The predicted molar refractivity (Wildman–Crippen MR) is 104 cm³/mol. The molecule has 1 aromatic carbocycles. The molecule has 1 aromatic rings. The first kappa shape index (κ1) is 20.3. The van der Waals surface area contributed by atoms with Crippen LogP contribution in [0.25, 0.3) is 0 Å². The molecule has 2 rings (SSSR count). The Labute approximate surface area is 157 Å². The molecule has 1 aliphatic heterocycles. The van der Waals surface area contributed by atoms with Crippen molar-refractivity contribution in [3.05, 3.63) is 29.8 Å². The topological polar surface area (TPSA) is 65.4 Å². The van der Waals surface area contributed by atoms with Crippen LogP contribution in [0.3, 0.4) is 0 Å². The van der Waals surface area contributed by atoms with E-state index in [0.717, 1.165) is 38.0 Å². The molecule has 1 aliphatic rings. The maximum absolute atomic E-state index is 11.8. The number of carbonyl (C=O) groups excluding carboxylic acids is 1. The van der Waals surface area contributed by atoms with Crippen molar-refractivity contribution < 1.29 is 9.53 Å². The monoisotopic (exact) mass is 357 g/mol. The number of piperidine rings is 1. The number of nitrogens with one attached hydrogen (secondary N) is 1. The normalized spacial score (nSPS) is 15.5. The summed E-state index contributed by atoms with van der Waals surface area (Å²) >= 11 is 0. The van der Waals surface area contributed by atoms with Gasteiger partial charge in [0.2, 0.25) is 0 Å². The summed E-state index contributed by atoms with van der Waals surface area (Å²) in [6.45, 7) is 8.52. The molecule has 0 atom stereocenters. The van der Waals surface area contributed by atoms with Crippen molar-refractivity contribution in [1.29, 1.82) is 5.26 Å². The van der Waals surface area contributed by atoms with E-state index >= 15 is 0 Å². The predicted octanol–water partition coefficient (Wildman–Crippen LogP) is 3.43. The third-order valence-corrected chi connectivity index (χ3v) is 4.50. The van der Waals surface area contributed by atoms with Crippen molar-refractivity contribution in [2.75, 3.05) is 24.5 Å². The third kappa shape index (κ3) is 7.05. The number of hydrogen-bond donors (Lipinski definition) is 1. The second-order valence-electron chi connectivity index (χ2n) is 7.88. The molecule has 0 aromatic heterocycles. The Morgan fingerprint density at radius 3 is 2.50 bits per heavy atom. The Hall–Kier alpha value is -2.06. The number of benzene rings is 1. The van der Waals surface area contributed by atoms with Gasteiger partial charge in [0, 0.05) is 44.2 Å². The molecule has 26 heavy (non-hydrogen) atoms. The summed E-state index contributed by atoms with van der Waals surface area (Å²) in [5.41, 5.74) is 1.98. The number of carbonyl (C=O) groups is 1. The van der Waals surface area contributed by atoms with Crippen molar-refractivity contribution in [3.63, 3.8) is 0 Å². The van der Waals surface area contributed by atoms with Gasteiger partial charge in [-0.2, -0.15) is 5.26 Å². The van der Waals surface area contributed by atoms with Crippen LogP contribution in [-0.4, -0.2) is 37.2 Å². The summed E-state index contributed by atoms with van der Waals surface area (Å²) in [4.78, 5) is 14.2. The second-order valence-corrected chi connectivity index (χ2v) is 7.88. The number of rotatable bonds is 7. The van der Waals surface area contributed by atoms with Crippen LogP contribution >= 0.6 is 0 Å². The molecule has 0 amide bonds. The van der Waals surface area contributed by atoms with Gasteiger partial charge >= 0.3 is 5.97 Å². The summed E-state index contributed by atoms with van der Waals surface area (Å²) in [6, 6.07) is 11.2. The molecule has 1 fully saturated rings. The van der Waals surface area contributed by atoms with E-state index in [2.05, 4.69) is 40.6 Å². The van der Waals surface area contributed by atoms with Gasteiger partial charge in [0.05, 0.1) is 6.07 Å². The standard InChI is InChI=1S/C21H31N3O2/c1-21(2,3)26-20(25)10-7-17-5-8-19(9-6-17)24-15-11-18(12-16-24)23-14-4-13-22/h5-6,8-9,18,23H,4,7,10-12,14-16H2,1-3H3. The zero-order valence-corrected chi connectivity index (χ0v) is 16.3. The van der Waals surface area contributed by atoms with Crippen molar-refractivity contribution in [3.8, 4) is 6.07 Å². The first-order chi connectivity index (χ1) is 12.4. The Balaban J connectivity index is 1.76. The van der Waals surface area contributed by atoms with Crippen LogP contribution in [0.5, 0.6) is 0 Å². The molecule has 0 unspecified atom stereocenters. The Bertz CT molecular complexity index is 606. The van der Waals surface area contributed by atoms with E-state index in [-0.39, 0.29) is 5.97 Å². The van der Waals surface area contributed by atoms with Gasteiger partial charge < -0.3 is 15.0 Å². The minimum absolute atomic E-state index is 0.146. The van der Waals surface area contributed by atoms with Crippen molar-refractivity contribution in [2.45, 2.75) is 64.5 Å². The van der Waals surface area contributed by atoms with Gasteiger partial charge in [0.15, 0.2) is 0 Å². The first-order valence-electron chi connectivity index (χ1n) is 9.53. The Kier molecular flexibility index (Phi) is 7.47. The van der Waals surface area contributed by atoms with Crippen molar-refractivity contribution in [1.82, 2.24) is 5.32 Å². The molecule has 5 heteroatoms. The Morgan fingerprint density at radius 2 is 1.92 bits per heavy atom. The van der Waals surface area contributed by atoms with Gasteiger partial charge in [-0.1, -0.05) is 12.1 Å². The Morgan fingerprint density at radius 1 is 1.27 bits per heavy atom. The average Bonchev–Trinajstić information content (AvgIpc) is 2.60. The van der Waals surface area contributed by atoms with Crippen LogP contribution in [0.4, 0.5) is 5.69 Å². The molecular weight excluding hydrogens is 326 g/mol. The fraction of sp³-hybridized carbons (Fsp3) is 0.619. The van der Waals surface area contributed by atoms with Crippen LogP contribution in [0.1, 0.15) is 52.0 Å². The summed E-state index contributed by atoms with van der Waals surface area (Å²) in [6.07, 6.45) is 3.90. The first-order valence-corrected chi connectivity index (χ1v) is 9.53. The van der Waals surface area contributed by atoms with Crippen LogP contribution < -0.4 is 10.2 Å². The molecule has 0 radical (unpaired) electrons. The lowest BCUT2D eigenvalue weighted by atomic mass is 10.0. The van der Waals surface area contributed by atoms with E-state index in [4.69, 9.17) is 10.00 Å². The van der Waals surface area contributed by atoms with Crippen LogP contribution in [0.15, 0.2) is 24.3 Å². The average molecular weight is 357 g/mol.